The van der Waals surface area contributed by atoms with Gasteiger partial charge in [0.15, 0.2) is 0 Å². The summed E-state index contributed by atoms with van der Waals surface area (Å²) in [4.78, 5) is 0. The van der Waals surface area contributed by atoms with Crippen LogP contribution in [0.25, 0.3) is 0 Å². The molecule has 0 aliphatic heterocycles. The van der Waals surface area contributed by atoms with Gasteiger partial charge < -0.3 is 6.15 Å². The second-order valence-electron chi connectivity index (χ2n) is 4.02. The third-order valence-electron chi connectivity index (χ3n) is 2.77. The van der Waals surface area contributed by atoms with Crippen LogP contribution in [0.1, 0.15) is 78.6 Å². The molecule has 0 aromatic rings. The van der Waals surface area contributed by atoms with Crippen LogP contribution in [0, 0.1) is 5.92 Å². The Labute approximate surface area is 91.3 Å². The van der Waals surface area contributed by atoms with E-state index >= 15 is 0 Å². The fourth-order valence-corrected chi connectivity index (χ4v) is 1.71. The summed E-state index contributed by atoms with van der Waals surface area (Å²) in [6, 6.07) is 0. The molecule has 0 saturated heterocycles. The van der Waals surface area contributed by atoms with Crippen molar-refractivity contribution in [3.63, 3.8) is 0 Å². The van der Waals surface area contributed by atoms with Gasteiger partial charge in [0.25, 0.3) is 0 Å². The molecule has 0 aliphatic rings. The van der Waals surface area contributed by atoms with Crippen LogP contribution in [-0.2, 0) is 0 Å². The molecular weight excluding hydrogens is 170 g/mol. The summed E-state index contributed by atoms with van der Waals surface area (Å²) in [6.07, 6.45) is 12.5. The molecule has 0 atom stereocenters. The zero-order chi connectivity index (χ0) is 9.94. The lowest BCUT2D eigenvalue weighted by atomic mass is 9.93. The molecule has 0 bridgehead atoms. The quantitative estimate of drug-likeness (QED) is 0.504. The molecule has 1 nitrogen and oxygen atoms in total. The summed E-state index contributed by atoms with van der Waals surface area (Å²) >= 11 is 0. The molecule has 0 aliphatic carbocycles. The predicted molar refractivity (Wildman–Crippen MR) is 66.8 cm³/mol. The summed E-state index contributed by atoms with van der Waals surface area (Å²) in [6.45, 7) is 6.87. The van der Waals surface area contributed by atoms with E-state index in [-0.39, 0.29) is 6.15 Å². The molecule has 0 aromatic carbocycles. The molecule has 1 heteroatoms. The van der Waals surface area contributed by atoms with Crippen molar-refractivity contribution < 1.29 is 0 Å². The van der Waals surface area contributed by atoms with Gasteiger partial charge in [-0.15, -0.1) is 0 Å². The summed E-state index contributed by atoms with van der Waals surface area (Å²) in [5.74, 6) is 1.80. The third-order valence-corrected chi connectivity index (χ3v) is 2.77. The Kier molecular flexibility index (Phi) is 15.2. The highest BCUT2D eigenvalue weighted by atomic mass is 14.1. The first-order chi connectivity index (χ1) is 6.35. The fraction of sp³-hybridized carbons (Fsp3) is 0.923. The minimum Gasteiger partial charge on any atom is -0.344 e. The maximum Gasteiger partial charge on any atom is -0.0244 e. The zero-order valence-electron chi connectivity index (χ0n) is 10.6. The molecule has 0 saturated carbocycles. The molecule has 14 heavy (non-hydrogen) atoms. The molecule has 0 spiro atoms. The van der Waals surface area contributed by atoms with E-state index in [1.54, 1.807) is 5.92 Å². The summed E-state index contributed by atoms with van der Waals surface area (Å²) in [7, 11) is 0. The molecule has 3 N–H and O–H groups in total. The lowest BCUT2D eigenvalue weighted by molar-refractivity contribution is 0.577. The van der Waals surface area contributed by atoms with Crippen LogP contribution in [-0.4, -0.2) is 0 Å². The van der Waals surface area contributed by atoms with Crippen LogP contribution < -0.4 is 6.15 Å². The predicted octanol–water partition coefficient (Wildman–Crippen LogP) is 5.29. The van der Waals surface area contributed by atoms with Crippen molar-refractivity contribution in [1.82, 2.24) is 6.15 Å². The number of hydrogen-bond acceptors (Lipinski definition) is 1. The first kappa shape index (κ1) is 16.4. The third kappa shape index (κ3) is 10.0. The first-order valence-corrected chi connectivity index (χ1v) is 6.18. The van der Waals surface area contributed by atoms with Gasteiger partial charge in [-0.05, 0) is 25.2 Å². The van der Waals surface area contributed by atoms with Crippen molar-refractivity contribution >= 4 is 0 Å². The first-order valence-electron chi connectivity index (χ1n) is 6.18. The van der Waals surface area contributed by atoms with Gasteiger partial charge in [0, 0.05) is 0 Å². The van der Waals surface area contributed by atoms with Gasteiger partial charge in [-0.2, -0.15) is 0 Å². The zero-order valence-corrected chi connectivity index (χ0v) is 10.6. The van der Waals surface area contributed by atoms with E-state index in [2.05, 4.69) is 20.8 Å². The molecule has 87 valence electrons. The Balaban J connectivity index is 0. The summed E-state index contributed by atoms with van der Waals surface area (Å²) in [5, 5.41) is 0. The van der Waals surface area contributed by atoms with E-state index in [1.165, 1.54) is 57.8 Å². The van der Waals surface area contributed by atoms with Gasteiger partial charge in [-0.3, -0.25) is 0 Å². The van der Waals surface area contributed by atoms with Gasteiger partial charge >= 0.3 is 0 Å². The van der Waals surface area contributed by atoms with Crippen molar-refractivity contribution in [2.24, 2.45) is 0 Å². The Morgan fingerprint density at radius 3 is 1.79 bits per heavy atom. The largest absolute Gasteiger partial charge is 0.344 e. The van der Waals surface area contributed by atoms with Gasteiger partial charge in [-0.1, -0.05) is 59.3 Å². The Morgan fingerprint density at radius 1 is 0.714 bits per heavy atom. The van der Waals surface area contributed by atoms with Crippen LogP contribution in [0.5, 0.6) is 0 Å². The minimum atomic E-state index is 0. The van der Waals surface area contributed by atoms with Crippen LogP contribution >= 0.6 is 0 Å². The second kappa shape index (κ2) is 13.0. The van der Waals surface area contributed by atoms with Crippen LogP contribution in [0.15, 0.2) is 0 Å². The highest BCUT2D eigenvalue weighted by molar-refractivity contribution is 4.87. The second-order valence-corrected chi connectivity index (χ2v) is 4.02. The Bertz CT molecular complexity index is 91.2. The van der Waals surface area contributed by atoms with E-state index in [0.29, 0.717) is 0 Å². The number of unbranched alkanes of at least 4 members (excludes halogenated alkanes) is 4. The van der Waals surface area contributed by atoms with Crippen molar-refractivity contribution in [3.05, 3.63) is 5.92 Å². The van der Waals surface area contributed by atoms with E-state index in [1.807, 2.05) is 0 Å². The number of hydrogen-bond donors (Lipinski definition) is 1. The fourth-order valence-electron chi connectivity index (χ4n) is 1.71. The van der Waals surface area contributed by atoms with E-state index in [9.17, 15) is 0 Å². The van der Waals surface area contributed by atoms with Gasteiger partial charge in [0.2, 0.25) is 0 Å². The summed E-state index contributed by atoms with van der Waals surface area (Å²) in [5.41, 5.74) is 0. The van der Waals surface area contributed by atoms with Gasteiger partial charge in [-0.25, -0.2) is 0 Å². The highest BCUT2D eigenvalue weighted by Crippen LogP contribution is 2.22. The monoisotopic (exact) mass is 200 g/mol. The van der Waals surface area contributed by atoms with Crippen LogP contribution in [0.4, 0.5) is 0 Å². The van der Waals surface area contributed by atoms with Crippen molar-refractivity contribution in [2.45, 2.75) is 78.6 Å². The normalized spacial score (nSPS) is 10.3. The van der Waals surface area contributed by atoms with E-state index < -0.39 is 0 Å². The average Bonchev–Trinajstić information content (AvgIpc) is 2.17. The lowest BCUT2D eigenvalue weighted by Gasteiger charge is -2.12. The maximum absolute atomic E-state index is 2.31. The lowest BCUT2D eigenvalue weighted by Crippen LogP contribution is -1.96. The molecular formula is C13H30N. The van der Waals surface area contributed by atoms with E-state index in [4.69, 9.17) is 0 Å². The Morgan fingerprint density at radius 2 is 1.29 bits per heavy atom. The van der Waals surface area contributed by atoms with Gasteiger partial charge in [0.1, 0.15) is 0 Å². The molecule has 0 unspecified atom stereocenters. The van der Waals surface area contributed by atoms with Crippen molar-refractivity contribution in [1.29, 1.82) is 0 Å². The van der Waals surface area contributed by atoms with Crippen LogP contribution in [0.3, 0.4) is 0 Å². The van der Waals surface area contributed by atoms with Gasteiger partial charge in [0.05, 0.1) is 0 Å². The minimum absolute atomic E-state index is 0. The molecule has 0 aromatic heterocycles. The standard InChI is InChI=1S/C13H27.H3N/c1-4-7-9-10-12-13(6-3)11-8-5-2;/h4-12H2,1-3H3;1H3. The van der Waals surface area contributed by atoms with Crippen LogP contribution in [0.2, 0.25) is 0 Å². The highest BCUT2D eigenvalue weighted by Gasteiger charge is 2.05. The molecule has 1 radical (unpaired) electrons. The Hall–Kier alpha value is -0.0400. The average molecular weight is 200 g/mol. The molecule has 0 fully saturated rings. The maximum atomic E-state index is 2.31. The van der Waals surface area contributed by atoms with E-state index in [0.717, 1.165) is 0 Å². The topological polar surface area (TPSA) is 35.0 Å². The van der Waals surface area contributed by atoms with Crippen molar-refractivity contribution in [3.8, 4) is 0 Å². The molecule has 0 rings (SSSR count). The smallest absolute Gasteiger partial charge is 0.0244 e. The molecule has 0 heterocycles. The van der Waals surface area contributed by atoms with Crippen molar-refractivity contribution in [2.75, 3.05) is 0 Å². The molecule has 0 amide bonds. The SMILES string of the molecule is CCCCCC[C](CC)CCCC.N. The number of rotatable bonds is 9. The summed E-state index contributed by atoms with van der Waals surface area (Å²) < 4.78 is 0.